The van der Waals surface area contributed by atoms with E-state index >= 15 is 0 Å². The first-order chi connectivity index (χ1) is 9.79. The average molecular weight is 305 g/mol. The van der Waals surface area contributed by atoms with Crippen LogP contribution < -0.4 is 11.1 Å². The third kappa shape index (κ3) is 4.63. The maximum Gasteiger partial charge on any atom is 0.417 e. The number of carbonyl (C=O) groups is 1. The molecule has 0 unspecified atom stereocenters. The Morgan fingerprint density at radius 2 is 2.14 bits per heavy atom. The summed E-state index contributed by atoms with van der Waals surface area (Å²) in [4.78, 5) is 11.4. The third-order valence-corrected chi connectivity index (χ3v) is 2.53. The van der Waals surface area contributed by atoms with Crippen LogP contribution in [0.15, 0.2) is 23.4 Å². The Bertz CT molecular complexity index is 544. The molecule has 1 amide bonds. The van der Waals surface area contributed by atoms with Gasteiger partial charge in [0.2, 0.25) is 5.91 Å². The van der Waals surface area contributed by atoms with Crippen LogP contribution in [0.3, 0.4) is 0 Å². The number of nitrogens with zero attached hydrogens (tertiary/aromatic N) is 1. The number of hydrogen-bond acceptors (Lipinski definition) is 4. The second-order valence-corrected chi connectivity index (χ2v) is 4.03. The molecule has 0 fully saturated rings. The fourth-order valence-corrected chi connectivity index (χ4v) is 1.55. The molecule has 0 aromatic heterocycles. The number of anilines is 1. The molecule has 0 radical (unpaired) electrons. The molecule has 4 N–H and O–H groups in total. The highest BCUT2D eigenvalue weighted by molar-refractivity contribution is 5.99. The van der Waals surface area contributed by atoms with Crippen LogP contribution >= 0.6 is 0 Å². The Kier molecular flexibility index (Phi) is 5.53. The van der Waals surface area contributed by atoms with Gasteiger partial charge in [-0.05, 0) is 18.2 Å². The predicted molar refractivity (Wildman–Crippen MR) is 69.1 cm³/mol. The Balaban J connectivity index is 3.08. The molecule has 9 heteroatoms. The molecule has 0 bridgehead atoms. The maximum absolute atomic E-state index is 12.9. The largest absolute Gasteiger partial charge is 0.417 e. The van der Waals surface area contributed by atoms with Crippen molar-refractivity contribution >= 4 is 17.4 Å². The number of benzene rings is 1. The molecule has 6 nitrogen and oxygen atoms in total. The number of nitrogens with one attached hydrogen (secondary N) is 1. The van der Waals surface area contributed by atoms with E-state index in [1.807, 2.05) is 0 Å². The van der Waals surface area contributed by atoms with Crippen molar-refractivity contribution in [3.8, 4) is 0 Å². The highest BCUT2D eigenvalue weighted by Gasteiger charge is 2.34. The molecule has 0 aliphatic heterocycles. The van der Waals surface area contributed by atoms with Gasteiger partial charge in [-0.15, -0.1) is 0 Å². The summed E-state index contributed by atoms with van der Waals surface area (Å²) in [6.45, 7) is 0.153. The first-order valence-corrected chi connectivity index (χ1v) is 5.77. The van der Waals surface area contributed by atoms with Crippen molar-refractivity contribution in [2.75, 3.05) is 19.0 Å². The zero-order chi connectivity index (χ0) is 16.0. The molecule has 116 valence electrons. The van der Waals surface area contributed by atoms with Gasteiger partial charge in [0, 0.05) is 18.4 Å². The average Bonchev–Trinajstić information content (AvgIpc) is 2.43. The van der Waals surface area contributed by atoms with Gasteiger partial charge in [-0.2, -0.15) is 13.2 Å². The fraction of sp³-hybridized carbons (Fsp3) is 0.333. The standard InChI is InChI=1S/C12H14F3N3O3/c1-21-5-4-10(19)17-7-2-3-8(11(16)18-20)9(6-7)12(13,14)15/h2-3,6,20H,4-5H2,1H3,(H2,16,18)(H,17,19). The molecular formula is C12H14F3N3O3. The van der Waals surface area contributed by atoms with E-state index in [4.69, 9.17) is 15.7 Å². The van der Waals surface area contributed by atoms with E-state index in [1.54, 1.807) is 0 Å². The number of ether oxygens (including phenoxy) is 1. The molecule has 1 rings (SSSR count). The van der Waals surface area contributed by atoms with Crippen LogP contribution in [0.25, 0.3) is 0 Å². The smallest absolute Gasteiger partial charge is 0.409 e. The Labute approximate surface area is 118 Å². The van der Waals surface area contributed by atoms with Crippen LogP contribution in [0.5, 0.6) is 0 Å². The van der Waals surface area contributed by atoms with Gasteiger partial charge in [-0.3, -0.25) is 4.79 Å². The number of amidine groups is 1. The fourth-order valence-electron chi connectivity index (χ4n) is 1.55. The lowest BCUT2D eigenvalue weighted by Gasteiger charge is -2.14. The van der Waals surface area contributed by atoms with Crippen molar-refractivity contribution in [1.82, 2.24) is 0 Å². The minimum absolute atomic E-state index is 0.0137. The summed E-state index contributed by atoms with van der Waals surface area (Å²) < 4.78 is 43.5. The van der Waals surface area contributed by atoms with Gasteiger partial charge >= 0.3 is 6.18 Å². The summed E-state index contributed by atoms with van der Waals surface area (Å²) in [5.41, 5.74) is 3.58. The third-order valence-electron chi connectivity index (χ3n) is 2.53. The second-order valence-electron chi connectivity index (χ2n) is 4.03. The van der Waals surface area contributed by atoms with E-state index in [1.165, 1.54) is 13.2 Å². The van der Waals surface area contributed by atoms with Crippen molar-refractivity contribution in [2.45, 2.75) is 12.6 Å². The minimum Gasteiger partial charge on any atom is -0.409 e. The van der Waals surface area contributed by atoms with Crippen LogP contribution in [0.4, 0.5) is 18.9 Å². The summed E-state index contributed by atoms with van der Waals surface area (Å²) in [5, 5.41) is 13.4. The number of halogens is 3. The zero-order valence-corrected chi connectivity index (χ0v) is 11.1. The van der Waals surface area contributed by atoms with Crippen molar-refractivity contribution in [3.05, 3.63) is 29.3 Å². The van der Waals surface area contributed by atoms with Gasteiger partial charge in [0.05, 0.1) is 18.6 Å². The number of carbonyl (C=O) groups excluding carboxylic acids is 1. The van der Waals surface area contributed by atoms with E-state index < -0.39 is 29.0 Å². The predicted octanol–water partition coefficient (Wildman–Crippen LogP) is 1.77. The van der Waals surface area contributed by atoms with Crippen LogP contribution in [0.2, 0.25) is 0 Å². The molecule has 0 saturated heterocycles. The van der Waals surface area contributed by atoms with Gasteiger partial charge in [-0.25, -0.2) is 0 Å². The number of alkyl halides is 3. The molecule has 21 heavy (non-hydrogen) atoms. The zero-order valence-electron chi connectivity index (χ0n) is 11.1. The number of rotatable bonds is 5. The Hall–Kier alpha value is -2.29. The summed E-state index contributed by atoms with van der Waals surface area (Å²) in [7, 11) is 1.40. The summed E-state index contributed by atoms with van der Waals surface area (Å²) in [6.07, 6.45) is -4.70. The van der Waals surface area contributed by atoms with Gasteiger partial charge in [-0.1, -0.05) is 5.16 Å². The van der Waals surface area contributed by atoms with Gasteiger partial charge < -0.3 is 21.0 Å². The van der Waals surface area contributed by atoms with Crippen LogP contribution in [0.1, 0.15) is 17.5 Å². The molecule has 1 aromatic carbocycles. The molecule has 0 atom stereocenters. The maximum atomic E-state index is 12.9. The lowest BCUT2D eigenvalue weighted by atomic mass is 10.0. The van der Waals surface area contributed by atoms with Crippen LogP contribution in [-0.2, 0) is 15.7 Å². The van der Waals surface area contributed by atoms with Gasteiger partial charge in [0.1, 0.15) is 0 Å². The molecule has 0 spiro atoms. The summed E-state index contributed by atoms with van der Waals surface area (Å²) >= 11 is 0. The molecule has 0 heterocycles. The number of oxime groups is 1. The highest BCUT2D eigenvalue weighted by atomic mass is 19.4. The Morgan fingerprint density at radius 3 is 2.67 bits per heavy atom. The first kappa shape index (κ1) is 16.8. The Morgan fingerprint density at radius 1 is 1.48 bits per heavy atom. The molecule has 0 saturated carbocycles. The molecule has 0 aliphatic carbocycles. The van der Waals surface area contributed by atoms with Crippen LogP contribution in [0, 0.1) is 0 Å². The van der Waals surface area contributed by atoms with Crippen LogP contribution in [-0.4, -0.2) is 30.7 Å². The SMILES string of the molecule is COCCC(=O)Nc1ccc(C(N)=NO)c(C(F)(F)F)c1. The molecular weight excluding hydrogens is 291 g/mol. The van der Waals surface area contributed by atoms with Crippen molar-refractivity contribution in [3.63, 3.8) is 0 Å². The number of nitrogens with two attached hydrogens (primary N) is 1. The lowest BCUT2D eigenvalue weighted by Crippen LogP contribution is -2.21. The van der Waals surface area contributed by atoms with Crippen molar-refractivity contribution < 1.29 is 27.9 Å². The van der Waals surface area contributed by atoms with Gasteiger partial charge in [0.25, 0.3) is 0 Å². The van der Waals surface area contributed by atoms with E-state index in [9.17, 15) is 18.0 Å². The van der Waals surface area contributed by atoms with E-state index in [-0.39, 0.29) is 18.7 Å². The lowest BCUT2D eigenvalue weighted by molar-refractivity contribution is -0.137. The normalized spacial score (nSPS) is 12.3. The first-order valence-electron chi connectivity index (χ1n) is 5.77. The summed E-state index contributed by atoms with van der Waals surface area (Å²) in [6, 6.07) is 2.97. The molecule has 0 aliphatic rings. The van der Waals surface area contributed by atoms with E-state index in [0.717, 1.165) is 12.1 Å². The minimum atomic E-state index is -4.71. The van der Waals surface area contributed by atoms with Crippen molar-refractivity contribution in [2.24, 2.45) is 10.9 Å². The topological polar surface area (TPSA) is 96.9 Å². The number of amides is 1. The van der Waals surface area contributed by atoms with E-state index in [0.29, 0.717) is 0 Å². The van der Waals surface area contributed by atoms with Crippen molar-refractivity contribution in [1.29, 1.82) is 0 Å². The summed E-state index contributed by atoms with van der Waals surface area (Å²) in [5.74, 6) is -1.15. The second kappa shape index (κ2) is 6.93. The molecule has 1 aromatic rings. The quantitative estimate of drug-likeness (QED) is 0.334. The van der Waals surface area contributed by atoms with E-state index in [2.05, 4.69) is 10.5 Å². The highest BCUT2D eigenvalue weighted by Crippen LogP contribution is 2.33. The monoisotopic (exact) mass is 305 g/mol. The number of methoxy groups -OCH3 is 1. The number of hydrogen-bond donors (Lipinski definition) is 3. The van der Waals surface area contributed by atoms with Gasteiger partial charge in [0.15, 0.2) is 5.84 Å².